The van der Waals surface area contributed by atoms with Crippen LogP contribution in [0.3, 0.4) is 0 Å². The molecule has 4 aliphatic rings. The Labute approximate surface area is 248 Å². The Morgan fingerprint density at radius 2 is 1.91 bits per heavy atom. The maximum absolute atomic E-state index is 14.6. The van der Waals surface area contributed by atoms with E-state index in [1.807, 2.05) is 0 Å². The zero-order valence-electron chi connectivity index (χ0n) is 24.6. The molecule has 2 bridgehead atoms. The number of likely N-dealkylation sites (N-methyl/N-ethyl adjacent to an activating group) is 1. The van der Waals surface area contributed by atoms with Crippen LogP contribution in [0.5, 0.6) is 11.8 Å². The molecule has 7 rings (SSSR count). The quantitative estimate of drug-likeness (QED) is 0.394. The molecule has 6 heterocycles. The average molecular weight is 635 g/mol. The van der Waals surface area contributed by atoms with E-state index in [-0.39, 0.29) is 22.5 Å². The number of ether oxygens (including phenoxy) is 1. The molecule has 2 unspecified atom stereocenters. The number of phenolic OH excluding ortho intramolecular Hbond substituents is 1. The number of halogens is 7. The van der Waals surface area contributed by atoms with Crippen molar-refractivity contribution in [3.8, 4) is 17.4 Å². The van der Waals surface area contributed by atoms with Gasteiger partial charge >= 0.3 is 18.4 Å². The van der Waals surface area contributed by atoms with Gasteiger partial charge in [0.2, 0.25) is 0 Å². The first-order chi connectivity index (χ1) is 21.0. The van der Waals surface area contributed by atoms with Gasteiger partial charge < -0.3 is 25.0 Å². The van der Waals surface area contributed by atoms with Crippen LogP contribution in [0.25, 0.3) is 16.6 Å². The van der Waals surface area contributed by atoms with Gasteiger partial charge in [-0.05, 0) is 51.4 Å². The predicted molar refractivity (Wildman–Crippen MR) is 145 cm³/mol. The van der Waals surface area contributed by atoms with E-state index in [0.717, 1.165) is 6.42 Å². The molecule has 0 radical (unpaired) electrons. The third kappa shape index (κ3) is 5.46. The highest BCUT2D eigenvalue weighted by Gasteiger charge is 2.43. The summed E-state index contributed by atoms with van der Waals surface area (Å²) in [6, 6.07) is -0.342. The lowest BCUT2D eigenvalue weighted by Crippen LogP contribution is -2.61. The highest BCUT2D eigenvalue weighted by Crippen LogP contribution is 2.43. The van der Waals surface area contributed by atoms with Crippen LogP contribution in [-0.4, -0.2) is 75.9 Å². The Morgan fingerprint density at radius 3 is 2.49 bits per heavy atom. The van der Waals surface area contributed by atoms with Crippen LogP contribution in [0.15, 0.2) is 23.0 Å². The van der Waals surface area contributed by atoms with Crippen molar-refractivity contribution >= 4 is 28.3 Å². The molecular formula is C27H27ClF6N6O3. The summed E-state index contributed by atoms with van der Waals surface area (Å²) in [7, 11) is 1.69. The van der Waals surface area contributed by atoms with Crippen molar-refractivity contribution in [3.05, 3.63) is 44.8 Å². The van der Waals surface area contributed by atoms with Crippen LogP contribution < -0.4 is 20.5 Å². The summed E-state index contributed by atoms with van der Waals surface area (Å²) in [4.78, 5) is 25.8. The van der Waals surface area contributed by atoms with Crippen LogP contribution >= 0.6 is 11.6 Å². The number of phenols is 1. The number of benzene rings is 1. The molecule has 0 aliphatic carbocycles. The summed E-state index contributed by atoms with van der Waals surface area (Å²) < 4.78 is 109. The van der Waals surface area contributed by atoms with Gasteiger partial charge in [0.1, 0.15) is 29.3 Å². The summed E-state index contributed by atoms with van der Waals surface area (Å²) in [5, 5.41) is 11.8. The summed E-state index contributed by atoms with van der Waals surface area (Å²) in [5.41, 5.74) is -7.29. The van der Waals surface area contributed by atoms with E-state index in [4.69, 9.17) is 19.1 Å². The van der Waals surface area contributed by atoms with Crippen molar-refractivity contribution in [1.29, 1.82) is 0 Å². The molecule has 1 aromatic carbocycles. The molecule has 0 spiro atoms. The largest absolute Gasteiger partial charge is 0.508 e. The van der Waals surface area contributed by atoms with Crippen LogP contribution in [0.1, 0.15) is 39.7 Å². The molecule has 3 aromatic rings. The number of nitrogens with zero attached hydrogens (tertiary/aromatic N) is 5. The average Bonchev–Trinajstić information content (AvgIpc) is 3.38. The van der Waals surface area contributed by atoms with E-state index in [1.165, 1.54) is 0 Å². The number of aromatic hydroxyl groups is 1. The summed E-state index contributed by atoms with van der Waals surface area (Å²) in [6.07, 6.45) is -8.17. The minimum absolute atomic E-state index is 0.0470. The maximum Gasteiger partial charge on any atom is 0.431 e. The monoisotopic (exact) mass is 634 g/mol. The van der Waals surface area contributed by atoms with Crippen molar-refractivity contribution in [2.75, 3.05) is 38.1 Å². The number of piperidine rings is 2. The second kappa shape index (κ2) is 10.7. The lowest BCUT2D eigenvalue weighted by atomic mass is 9.93. The number of pyridine rings is 1. The van der Waals surface area contributed by atoms with Gasteiger partial charge in [-0.15, -0.1) is 0 Å². The second-order valence-electron chi connectivity index (χ2n) is 10.9. The third-order valence-electron chi connectivity index (χ3n) is 8.13. The SMILES string of the molecule is [2H]C([2H])(Oc1nc(N2CC3CCC2CN3)c2cc(C(F)(F)F)n(-c3cc(O)cc(Cl)c3C(F)(F)F)c(=O)c2n1)[C@@H]1CCCN1C. The normalized spacial score (nSPS) is 24.0. The molecule has 9 nitrogen and oxygen atoms in total. The third-order valence-corrected chi connectivity index (χ3v) is 8.43. The zero-order chi connectivity index (χ0) is 32.6. The number of hydrogen-bond donors (Lipinski definition) is 2. The molecule has 4 fully saturated rings. The van der Waals surface area contributed by atoms with Gasteiger partial charge in [0.05, 0.1) is 24.4 Å². The Hall–Kier alpha value is -3.30. The molecule has 232 valence electrons. The van der Waals surface area contributed by atoms with Gasteiger partial charge in [-0.3, -0.25) is 9.36 Å². The van der Waals surface area contributed by atoms with Crippen LogP contribution in [0.4, 0.5) is 32.2 Å². The number of aromatic nitrogens is 3. The minimum atomic E-state index is -5.37. The van der Waals surface area contributed by atoms with Gasteiger partial charge in [-0.1, -0.05) is 11.6 Å². The number of alkyl halides is 6. The Kier molecular flexibility index (Phi) is 6.78. The van der Waals surface area contributed by atoms with E-state index < -0.39 is 75.1 Å². The van der Waals surface area contributed by atoms with Crippen LogP contribution in [-0.2, 0) is 12.4 Å². The second-order valence-corrected chi connectivity index (χ2v) is 11.3. The summed E-state index contributed by atoms with van der Waals surface area (Å²) >= 11 is 5.76. The van der Waals surface area contributed by atoms with Crippen LogP contribution in [0.2, 0.25) is 5.02 Å². The molecule has 2 N–H and O–H groups in total. The zero-order valence-corrected chi connectivity index (χ0v) is 23.3. The molecule has 16 heteroatoms. The molecule has 2 aromatic heterocycles. The maximum atomic E-state index is 14.6. The number of fused-ring (bicyclic) bond motifs is 4. The Morgan fingerprint density at radius 1 is 1.14 bits per heavy atom. The lowest BCUT2D eigenvalue weighted by molar-refractivity contribution is -0.144. The Bertz CT molecular complexity index is 1710. The van der Waals surface area contributed by atoms with E-state index in [0.29, 0.717) is 57.1 Å². The summed E-state index contributed by atoms with van der Waals surface area (Å²) in [6.45, 7) is -1.06. The molecule has 3 atom stereocenters. The number of piperazine rings is 1. The van der Waals surface area contributed by atoms with Crippen molar-refractivity contribution in [2.45, 2.75) is 56.2 Å². The first-order valence-electron chi connectivity index (χ1n) is 14.5. The molecular weight excluding hydrogens is 606 g/mol. The topological polar surface area (TPSA) is 95.8 Å². The minimum Gasteiger partial charge on any atom is -0.508 e. The van der Waals surface area contributed by atoms with E-state index in [9.17, 15) is 36.2 Å². The van der Waals surface area contributed by atoms with Gasteiger partial charge in [0.25, 0.3) is 5.56 Å². The van der Waals surface area contributed by atoms with Crippen LogP contribution in [0, 0.1) is 0 Å². The molecule has 4 aliphatic heterocycles. The highest BCUT2D eigenvalue weighted by molar-refractivity contribution is 6.31. The number of rotatable bonds is 5. The number of nitrogens with one attached hydrogen (secondary N) is 1. The van der Waals surface area contributed by atoms with Crippen molar-refractivity contribution in [2.24, 2.45) is 0 Å². The fourth-order valence-electron chi connectivity index (χ4n) is 6.05. The molecule has 0 saturated carbocycles. The van der Waals surface area contributed by atoms with Gasteiger partial charge in [0, 0.05) is 37.3 Å². The number of hydrogen-bond acceptors (Lipinski definition) is 8. The first kappa shape index (κ1) is 27.3. The van der Waals surface area contributed by atoms with E-state index in [1.54, 1.807) is 16.8 Å². The fraction of sp³-hybridized carbons (Fsp3) is 0.519. The van der Waals surface area contributed by atoms with Gasteiger partial charge in [0.15, 0.2) is 0 Å². The molecule has 4 saturated heterocycles. The van der Waals surface area contributed by atoms with Gasteiger partial charge in [-0.25, -0.2) is 0 Å². The number of anilines is 1. The van der Waals surface area contributed by atoms with Gasteiger partial charge in [-0.2, -0.15) is 36.3 Å². The fourth-order valence-corrected chi connectivity index (χ4v) is 6.36. The summed E-state index contributed by atoms with van der Waals surface area (Å²) in [5.74, 6) is -1.05. The smallest absolute Gasteiger partial charge is 0.431 e. The highest BCUT2D eigenvalue weighted by atomic mass is 35.5. The van der Waals surface area contributed by atoms with E-state index in [2.05, 4.69) is 15.3 Å². The lowest BCUT2D eigenvalue weighted by Gasteiger charge is -2.46. The predicted octanol–water partition coefficient (Wildman–Crippen LogP) is 4.59. The van der Waals surface area contributed by atoms with Crippen molar-refractivity contribution in [1.82, 2.24) is 24.8 Å². The molecule has 0 amide bonds. The van der Waals surface area contributed by atoms with Crippen molar-refractivity contribution in [3.63, 3.8) is 0 Å². The number of likely N-dealkylation sites (tertiary alicyclic amines) is 1. The molecule has 43 heavy (non-hydrogen) atoms. The van der Waals surface area contributed by atoms with Crippen molar-refractivity contribution < 1.29 is 38.9 Å². The first-order valence-corrected chi connectivity index (χ1v) is 13.9. The standard InChI is InChI=1S/C27H27ClF6N6O3/c1-38-6-2-3-15(38)12-43-25-36-22-17(23(37-25)39-11-13-4-5-14(39)10-35-13)9-20(26(29,30)31)40(24(22)42)19-8-16(41)7-18(28)21(19)27(32,33)34/h7-9,13-15,35,41H,2-6,10-12H2,1H3/t13?,14?,15-/m0/s1/i12D2. The van der Waals surface area contributed by atoms with E-state index >= 15 is 0 Å². The Balaban J connectivity index is 1.65.